The van der Waals surface area contributed by atoms with E-state index < -0.39 is 0 Å². The summed E-state index contributed by atoms with van der Waals surface area (Å²) in [6.45, 7) is 3.92. The highest BCUT2D eigenvalue weighted by molar-refractivity contribution is 5.93. The van der Waals surface area contributed by atoms with Crippen LogP contribution in [-0.2, 0) is 17.6 Å². The van der Waals surface area contributed by atoms with E-state index in [0.717, 1.165) is 47.7 Å². The quantitative estimate of drug-likeness (QED) is 0.878. The topological polar surface area (TPSA) is 70.7 Å². The number of amides is 1. The van der Waals surface area contributed by atoms with Crippen molar-refractivity contribution in [3.8, 4) is 0 Å². The second kappa shape index (κ2) is 5.07. The van der Waals surface area contributed by atoms with Crippen molar-refractivity contribution in [2.75, 3.05) is 5.32 Å². The van der Waals surface area contributed by atoms with E-state index in [2.05, 4.69) is 20.3 Å². The molecule has 2 N–H and O–H groups in total. The summed E-state index contributed by atoms with van der Waals surface area (Å²) in [5, 5.41) is 2.98. The summed E-state index contributed by atoms with van der Waals surface area (Å²) in [7, 11) is 0. The molecule has 0 fully saturated rings. The Hall–Kier alpha value is -2.17. The predicted molar refractivity (Wildman–Crippen MR) is 76.4 cm³/mol. The Morgan fingerprint density at radius 3 is 3.10 bits per heavy atom. The fourth-order valence-corrected chi connectivity index (χ4v) is 2.68. The number of H-pyrrole nitrogens is 1. The SMILES string of the molecule is Cc1nc2c([nH]1)CC(C(=O)Nc1cnccc1C)CC2. The summed E-state index contributed by atoms with van der Waals surface area (Å²) in [6, 6.07) is 1.90. The number of hydrogen-bond donors (Lipinski definition) is 2. The molecule has 0 bridgehead atoms. The van der Waals surface area contributed by atoms with Gasteiger partial charge >= 0.3 is 0 Å². The van der Waals surface area contributed by atoms with Crippen LogP contribution in [0.1, 0.15) is 29.2 Å². The number of carbonyl (C=O) groups is 1. The van der Waals surface area contributed by atoms with E-state index in [0.29, 0.717) is 0 Å². The van der Waals surface area contributed by atoms with Crippen molar-refractivity contribution >= 4 is 11.6 Å². The summed E-state index contributed by atoms with van der Waals surface area (Å²) >= 11 is 0. The van der Waals surface area contributed by atoms with Crippen LogP contribution in [0.5, 0.6) is 0 Å². The molecule has 0 saturated heterocycles. The summed E-state index contributed by atoms with van der Waals surface area (Å²) < 4.78 is 0. The van der Waals surface area contributed by atoms with Crippen molar-refractivity contribution in [3.05, 3.63) is 41.2 Å². The van der Waals surface area contributed by atoms with E-state index in [9.17, 15) is 4.79 Å². The third kappa shape index (κ3) is 2.43. The van der Waals surface area contributed by atoms with E-state index in [1.54, 1.807) is 12.4 Å². The molecule has 3 rings (SSSR count). The molecule has 0 saturated carbocycles. The molecule has 0 aliphatic heterocycles. The number of pyridine rings is 1. The van der Waals surface area contributed by atoms with Crippen LogP contribution in [0.3, 0.4) is 0 Å². The molecule has 20 heavy (non-hydrogen) atoms. The van der Waals surface area contributed by atoms with E-state index in [1.165, 1.54) is 0 Å². The highest BCUT2D eigenvalue weighted by Crippen LogP contribution is 2.25. The average Bonchev–Trinajstić information content (AvgIpc) is 2.80. The normalized spacial score (nSPS) is 17.6. The van der Waals surface area contributed by atoms with Gasteiger partial charge in [-0.15, -0.1) is 0 Å². The molecule has 5 heteroatoms. The Morgan fingerprint density at radius 2 is 2.30 bits per heavy atom. The van der Waals surface area contributed by atoms with Gasteiger partial charge in [0.2, 0.25) is 5.91 Å². The Kier molecular flexibility index (Phi) is 3.26. The van der Waals surface area contributed by atoms with Gasteiger partial charge in [0.1, 0.15) is 5.82 Å². The van der Waals surface area contributed by atoms with Crippen molar-refractivity contribution in [1.29, 1.82) is 0 Å². The van der Waals surface area contributed by atoms with E-state index in [-0.39, 0.29) is 11.8 Å². The molecule has 0 aromatic carbocycles. The Balaban J connectivity index is 1.72. The largest absolute Gasteiger partial charge is 0.346 e. The van der Waals surface area contributed by atoms with Crippen molar-refractivity contribution < 1.29 is 4.79 Å². The van der Waals surface area contributed by atoms with Crippen LogP contribution in [0.2, 0.25) is 0 Å². The van der Waals surface area contributed by atoms with Gasteiger partial charge in [0.05, 0.1) is 17.6 Å². The second-order valence-corrected chi connectivity index (χ2v) is 5.37. The van der Waals surface area contributed by atoms with E-state index in [1.807, 2.05) is 19.9 Å². The zero-order valence-corrected chi connectivity index (χ0v) is 11.7. The van der Waals surface area contributed by atoms with E-state index >= 15 is 0 Å². The summed E-state index contributed by atoms with van der Waals surface area (Å²) in [5.41, 5.74) is 4.05. The average molecular weight is 270 g/mol. The third-order valence-electron chi connectivity index (χ3n) is 3.83. The number of nitrogens with one attached hydrogen (secondary N) is 2. The lowest BCUT2D eigenvalue weighted by Gasteiger charge is -2.21. The van der Waals surface area contributed by atoms with Crippen LogP contribution in [-0.4, -0.2) is 20.9 Å². The Morgan fingerprint density at radius 1 is 1.45 bits per heavy atom. The molecule has 1 unspecified atom stereocenters. The fourth-order valence-electron chi connectivity index (χ4n) is 2.68. The van der Waals surface area contributed by atoms with E-state index in [4.69, 9.17) is 0 Å². The standard InChI is InChI=1S/C15H18N4O/c1-9-5-6-16-8-14(9)19-15(20)11-3-4-12-13(7-11)18-10(2)17-12/h5-6,8,11H,3-4,7H2,1-2H3,(H,17,18)(H,19,20). The van der Waals surface area contributed by atoms with Crippen LogP contribution in [0, 0.1) is 19.8 Å². The maximum absolute atomic E-state index is 12.4. The van der Waals surface area contributed by atoms with Gasteiger partial charge in [0.15, 0.2) is 0 Å². The number of nitrogens with zero attached hydrogens (tertiary/aromatic N) is 2. The Labute approximate surface area is 117 Å². The molecule has 1 atom stereocenters. The molecule has 2 aromatic heterocycles. The fraction of sp³-hybridized carbons (Fsp3) is 0.400. The number of carbonyl (C=O) groups excluding carboxylic acids is 1. The highest BCUT2D eigenvalue weighted by Gasteiger charge is 2.27. The lowest BCUT2D eigenvalue weighted by atomic mass is 9.89. The zero-order chi connectivity index (χ0) is 14.1. The molecule has 2 aromatic rings. The number of aryl methyl sites for hydroxylation is 3. The number of imidazole rings is 1. The maximum atomic E-state index is 12.4. The molecule has 0 spiro atoms. The van der Waals surface area contributed by atoms with Gasteiger partial charge in [-0.05, 0) is 38.3 Å². The smallest absolute Gasteiger partial charge is 0.227 e. The lowest BCUT2D eigenvalue weighted by Crippen LogP contribution is -2.28. The number of aromatic nitrogens is 3. The van der Waals surface area contributed by atoms with Gasteiger partial charge < -0.3 is 10.3 Å². The van der Waals surface area contributed by atoms with Crippen LogP contribution >= 0.6 is 0 Å². The van der Waals surface area contributed by atoms with Crippen LogP contribution in [0.4, 0.5) is 5.69 Å². The van der Waals surface area contributed by atoms with Crippen molar-refractivity contribution in [2.45, 2.75) is 33.1 Å². The molecule has 104 valence electrons. The summed E-state index contributed by atoms with van der Waals surface area (Å²) in [5.74, 6) is 1.00. The Bertz CT molecular complexity index is 647. The highest BCUT2D eigenvalue weighted by atomic mass is 16.1. The van der Waals surface area contributed by atoms with Gasteiger partial charge in [0.25, 0.3) is 0 Å². The minimum atomic E-state index is 0.00181. The third-order valence-corrected chi connectivity index (χ3v) is 3.83. The number of aromatic amines is 1. The zero-order valence-electron chi connectivity index (χ0n) is 11.7. The van der Waals surface area contributed by atoms with Gasteiger partial charge in [-0.1, -0.05) is 0 Å². The first-order chi connectivity index (χ1) is 9.63. The van der Waals surface area contributed by atoms with Gasteiger partial charge in [-0.25, -0.2) is 4.98 Å². The summed E-state index contributed by atoms with van der Waals surface area (Å²) in [6.07, 6.45) is 5.88. The first kappa shape index (κ1) is 12.8. The maximum Gasteiger partial charge on any atom is 0.227 e. The number of hydrogen-bond acceptors (Lipinski definition) is 3. The van der Waals surface area contributed by atoms with Gasteiger partial charge in [0, 0.05) is 24.2 Å². The first-order valence-electron chi connectivity index (χ1n) is 6.89. The van der Waals surface area contributed by atoms with Crippen molar-refractivity contribution in [1.82, 2.24) is 15.0 Å². The minimum absolute atomic E-state index is 0.00181. The lowest BCUT2D eigenvalue weighted by molar-refractivity contribution is -0.120. The van der Waals surface area contributed by atoms with Gasteiger partial charge in [-0.3, -0.25) is 9.78 Å². The van der Waals surface area contributed by atoms with Crippen LogP contribution in [0.15, 0.2) is 18.5 Å². The van der Waals surface area contributed by atoms with Crippen molar-refractivity contribution in [3.63, 3.8) is 0 Å². The van der Waals surface area contributed by atoms with Crippen LogP contribution in [0.25, 0.3) is 0 Å². The minimum Gasteiger partial charge on any atom is -0.346 e. The predicted octanol–water partition coefficient (Wildman–Crippen LogP) is 2.17. The second-order valence-electron chi connectivity index (χ2n) is 5.37. The molecule has 2 heterocycles. The molecular formula is C15H18N4O. The number of fused-ring (bicyclic) bond motifs is 1. The molecular weight excluding hydrogens is 252 g/mol. The first-order valence-corrected chi connectivity index (χ1v) is 6.89. The number of rotatable bonds is 2. The molecule has 1 amide bonds. The van der Waals surface area contributed by atoms with Gasteiger partial charge in [-0.2, -0.15) is 0 Å². The molecule has 5 nitrogen and oxygen atoms in total. The van der Waals surface area contributed by atoms with Crippen molar-refractivity contribution in [2.24, 2.45) is 5.92 Å². The molecule has 1 aliphatic carbocycles. The molecule has 1 aliphatic rings. The van der Waals surface area contributed by atoms with Crippen LogP contribution < -0.4 is 5.32 Å². The summed E-state index contributed by atoms with van der Waals surface area (Å²) in [4.78, 5) is 24.1. The monoisotopic (exact) mass is 270 g/mol. The molecule has 0 radical (unpaired) electrons. The number of anilines is 1.